The summed E-state index contributed by atoms with van der Waals surface area (Å²) in [5, 5.41) is 9.31. The molecule has 14 heavy (non-hydrogen) atoms. The van der Waals surface area contributed by atoms with Crippen molar-refractivity contribution in [2.24, 2.45) is 0 Å². The van der Waals surface area contributed by atoms with E-state index >= 15 is 0 Å². The number of hydrogen-bond donors (Lipinski definition) is 2. The Morgan fingerprint density at radius 2 is 2.00 bits per heavy atom. The number of aliphatic hydroxyl groups is 1. The van der Waals surface area contributed by atoms with Gasteiger partial charge < -0.3 is 9.84 Å². The van der Waals surface area contributed by atoms with Gasteiger partial charge in [-0.1, -0.05) is 0 Å². The summed E-state index contributed by atoms with van der Waals surface area (Å²) >= 11 is 0. The van der Waals surface area contributed by atoms with E-state index in [-0.39, 0.29) is 6.10 Å². The molecule has 0 aliphatic carbocycles. The largest absolute Gasteiger partial charge is 0.514 e. The maximum Gasteiger partial charge on any atom is 0.514 e. The van der Waals surface area contributed by atoms with E-state index < -0.39 is 16.6 Å². The quantitative estimate of drug-likeness (QED) is 0.581. The first kappa shape index (κ1) is 9.93. The van der Waals surface area contributed by atoms with Crippen LogP contribution in [0.15, 0.2) is 0 Å². The van der Waals surface area contributed by atoms with E-state index in [4.69, 9.17) is 6.15 Å². The second kappa shape index (κ2) is 4.28. The fourth-order valence-corrected chi connectivity index (χ4v) is 1.37. The average molecular weight is 203 g/mol. The van der Waals surface area contributed by atoms with E-state index in [0.29, 0.717) is 25.9 Å². The molecule has 1 fully saturated rings. The number of quaternary nitrogens is 1. The summed E-state index contributed by atoms with van der Waals surface area (Å²) in [6.07, 6.45) is 0.0873. The monoisotopic (exact) mass is 203 g/mol. The van der Waals surface area contributed by atoms with Gasteiger partial charge in [0.15, 0.2) is 0 Å². The Hall–Kier alpha value is -0.610. The van der Waals surface area contributed by atoms with Crippen LogP contribution in [0.3, 0.4) is 0 Å². The van der Waals surface area contributed by atoms with Crippen LogP contribution in [0.5, 0.6) is 0 Å². The fraction of sp³-hybridized carbons (Fsp3) is 0.900. The Labute approximate surface area is 86.3 Å². The summed E-state index contributed by atoms with van der Waals surface area (Å²) in [6, 6.07) is 0. The van der Waals surface area contributed by atoms with Gasteiger partial charge in [0.1, 0.15) is 5.60 Å². The molecule has 1 heterocycles. The predicted molar refractivity (Wildman–Crippen MR) is 52.2 cm³/mol. The maximum absolute atomic E-state index is 11.7. The molecule has 1 saturated heterocycles. The third-order valence-electron chi connectivity index (χ3n) is 2.12. The average Bonchev–Trinajstić information content (AvgIpc) is 2.07. The number of ether oxygens (including phenoxy) is 1. The molecule has 1 aliphatic rings. The Bertz CT molecular complexity index is 242. The number of likely N-dealkylation sites (tertiary alicyclic amines) is 1. The number of aliphatic hydroxyl groups excluding tert-OH is 1. The molecule has 4 nitrogen and oxygen atoms in total. The van der Waals surface area contributed by atoms with E-state index in [1.807, 2.05) is 0 Å². The molecule has 1 amide bonds. The van der Waals surface area contributed by atoms with Crippen LogP contribution in [0.2, 0.25) is 1.41 Å². The van der Waals surface area contributed by atoms with Crippen molar-refractivity contribution < 1.29 is 20.9 Å². The molecule has 0 bridgehead atoms. The van der Waals surface area contributed by atoms with Crippen molar-refractivity contribution in [2.45, 2.75) is 45.3 Å². The van der Waals surface area contributed by atoms with Gasteiger partial charge in [0.2, 0.25) is 0 Å². The van der Waals surface area contributed by atoms with Crippen molar-refractivity contribution in [2.75, 3.05) is 13.1 Å². The van der Waals surface area contributed by atoms with Gasteiger partial charge >= 0.3 is 7.51 Å². The second-order valence-electron chi connectivity index (χ2n) is 4.70. The van der Waals surface area contributed by atoms with Gasteiger partial charge in [-0.25, -0.2) is 4.89 Å². The Morgan fingerprint density at radius 3 is 2.43 bits per heavy atom. The normalized spacial score (nSPS) is 34.9. The molecule has 1 rings (SSSR count). The number of carbonyl (C=O) groups is 1. The minimum atomic E-state index is -0.556. The highest BCUT2D eigenvalue weighted by Gasteiger charge is 2.30. The van der Waals surface area contributed by atoms with Gasteiger partial charge in [-0.3, -0.25) is 0 Å². The van der Waals surface area contributed by atoms with Crippen molar-refractivity contribution in [3.05, 3.63) is 0 Å². The number of alkyl carbamates (subject to hydrolysis) is 2. The lowest BCUT2D eigenvalue weighted by Crippen LogP contribution is -3.16. The summed E-state index contributed by atoms with van der Waals surface area (Å²) in [5.74, 6) is 0. The van der Waals surface area contributed by atoms with E-state index in [1.165, 1.54) is 0 Å². The highest BCUT2D eigenvalue weighted by atomic mass is 16.6. The molecule has 0 aromatic rings. The lowest BCUT2D eigenvalue weighted by atomic mass is 10.1. The lowest BCUT2D eigenvalue weighted by molar-refractivity contribution is -0.832. The third-order valence-corrected chi connectivity index (χ3v) is 2.12. The highest BCUT2D eigenvalue weighted by Crippen LogP contribution is 2.06. The van der Waals surface area contributed by atoms with Crippen LogP contribution < -0.4 is 4.89 Å². The van der Waals surface area contributed by atoms with Crippen LogP contribution in [0.25, 0.3) is 0 Å². The molecule has 82 valence electrons. The van der Waals surface area contributed by atoms with Crippen molar-refractivity contribution in [1.29, 1.82) is 0 Å². The van der Waals surface area contributed by atoms with Crippen molar-refractivity contribution in [3.8, 4) is 0 Å². The number of carbonyl (C=O) groups excluding carboxylic acids is 1. The van der Waals surface area contributed by atoms with E-state index in [9.17, 15) is 9.90 Å². The van der Waals surface area contributed by atoms with E-state index in [2.05, 4.69) is 0 Å². The van der Waals surface area contributed by atoms with Gasteiger partial charge in [-0.05, 0) is 20.8 Å². The molecule has 0 saturated carbocycles. The lowest BCUT2D eigenvalue weighted by Gasteiger charge is -2.27. The molecule has 0 radical (unpaired) electrons. The SMILES string of the molecule is [2H][N+]1(C(=O)OC(C)(C)C)CCC(O)CC1. The van der Waals surface area contributed by atoms with Crippen LogP contribution in [-0.4, -0.2) is 36.0 Å². The molecule has 1 aliphatic heterocycles. The molecule has 0 unspecified atom stereocenters. The number of amides is 1. The minimum Gasteiger partial charge on any atom is -0.414 e. The first-order valence-corrected chi connectivity index (χ1v) is 5.04. The summed E-state index contributed by atoms with van der Waals surface area (Å²) in [4.78, 5) is 11.3. The highest BCUT2D eigenvalue weighted by molar-refractivity contribution is 5.57. The summed E-state index contributed by atoms with van der Waals surface area (Å²) < 4.78 is 13.1. The molecule has 0 aromatic carbocycles. The standard InChI is InChI=1S/C10H19NO3/c1-10(2,3)14-9(13)11-6-4-8(12)5-7-11/h8,12H,4-7H2,1-3H3/p+1/i/hD. The van der Waals surface area contributed by atoms with Gasteiger partial charge in [0.05, 0.1) is 19.2 Å². The van der Waals surface area contributed by atoms with Gasteiger partial charge in [-0.2, -0.15) is 4.79 Å². The first-order chi connectivity index (χ1) is 6.73. The smallest absolute Gasteiger partial charge is 0.414 e. The number of rotatable bonds is 0. The van der Waals surface area contributed by atoms with Gasteiger partial charge in [-0.15, -0.1) is 0 Å². The van der Waals surface area contributed by atoms with Crippen molar-refractivity contribution in [1.82, 2.24) is 0 Å². The van der Waals surface area contributed by atoms with Crippen molar-refractivity contribution in [3.63, 3.8) is 0 Å². The summed E-state index contributed by atoms with van der Waals surface area (Å²) in [7, 11) is 0. The zero-order chi connectivity index (χ0) is 11.7. The predicted octanol–water partition coefficient (Wildman–Crippen LogP) is -0.0389. The Kier molecular flexibility index (Phi) is 3.03. The number of nitrogens with one attached hydrogen (secondary N) is 1. The Morgan fingerprint density at radius 1 is 1.50 bits per heavy atom. The minimum absolute atomic E-state index is 0.329. The molecule has 2 N–H and O–H groups in total. The van der Waals surface area contributed by atoms with Crippen LogP contribution in [0.4, 0.5) is 4.79 Å². The number of piperidine rings is 1. The Balaban J connectivity index is 2.58. The molecule has 0 aromatic heterocycles. The molecule has 0 atom stereocenters. The van der Waals surface area contributed by atoms with Gasteiger partial charge in [0.25, 0.3) is 0 Å². The topological polar surface area (TPSA) is 51.0 Å². The second-order valence-corrected chi connectivity index (χ2v) is 4.70. The van der Waals surface area contributed by atoms with E-state index in [1.54, 1.807) is 20.8 Å². The fourth-order valence-electron chi connectivity index (χ4n) is 1.37. The third kappa shape index (κ3) is 3.64. The van der Waals surface area contributed by atoms with Crippen LogP contribution >= 0.6 is 0 Å². The van der Waals surface area contributed by atoms with Gasteiger partial charge in [0, 0.05) is 12.8 Å². The van der Waals surface area contributed by atoms with Crippen LogP contribution in [0.1, 0.15) is 33.6 Å². The van der Waals surface area contributed by atoms with Crippen LogP contribution in [-0.2, 0) is 4.74 Å². The first-order valence-electron chi connectivity index (χ1n) is 5.49. The summed E-state index contributed by atoms with van der Waals surface area (Å²) in [5.41, 5.74) is -0.556. The van der Waals surface area contributed by atoms with Crippen LogP contribution in [0, 0.1) is 0 Å². The zero-order valence-corrected chi connectivity index (χ0v) is 9.12. The molecule has 4 heteroatoms. The van der Waals surface area contributed by atoms with Crippen molar-refractivity contribution >= 4 is 6.09 Å². The molecular weight excluding hydrogens is 182 g/mol. The number of hydrogen-bond acceptors (Lipinski definition) is 3. The molecular formula is C10H20NO3+. The zero-order valence-electron chi connectivity index (χ0n) is 10.1. The molecule has 0 spiro atoms. The summed E-state index contributed by atoms with van der Waals surface area (Å²) in [6.45, 7) is 6.02. The van der Waals surface area contributed by atoms with E-state index in [0.717, 1.165) is 0 Å². The maximum atomic E-state index is 11.7.